The van der Waals surface area contributed by atoms with Gasteiger partial charge in [0.25, 0.3) is 11.8 Å². The average Bonchev–Trinajstić information content (AvgIpc) is 3.30. The summed E-state index contributed by atoms with van der Waals surface area (Å²) in [5.41, 5.74) is 4.48. The number of carbonyl (C=O) groups is 2. The number of anilines is 1. The van der Waals surface area contributed by atoms with Crippen LogP contribution in [0.15, 0.2) is 66.7 Å². The van der Waals surface area contributed by atoms with Crippen LogP contribution in [0.3, 0.4) is 0 Å². The molecule has 1 fully saturated rings. The molecule has 3 aromatic carbocycles. The maximum absolute atomic E-state index is 13.4. The molecule has 7 heteroatoms. The van der Waals surface area contributed by atoms with Gasteiger partial charge in [0.1, 0.15) is 0 Å². The number of hydrogen-bond donors (Lipinski definition) is 1. The zero-order chi connectivity index (χ0) is 25.2. The van der Waals surface area contributed by atoms with Gasteiger partial charge in [-0.05, 0) is 85.3 Å². The van der Waals surface area contributed by atoms with Crippen LogP contribution in [0.5, 0.6) is 0 Å². The molecule has 0 aromatic heterocycles. The van der Waals surface area contributed by atoms with Gasteiger partial charge in [0.15, 0.2) is 0 Å². The minimum Gasteiger partial charge on any atom is -0.371 e. The Morgan fingerprint density at radius 2 is 1.67 bits per heavy atom. The molecule has 3 aromatic rings. The Morgan fingerprint density at radius 3 is 2.39 bits per heavy atom. The number of rotatable bonds is 5. The molecule has 1 atom stereocenters. The molecule has 0 radical (unpaired) electrons. The number of halogens is 2. The van der Waals surface area contributed by atoms with Crippen molar-refractivity contribution in [3.63, 3.8) is 0 Å². The predicted octanol–water partition coefficient (Wildman–Crippen LogP) is 6.15. The molecule has 1 aliphatic heterocycles. The van der Waals surface area contributed by atoms with Gasteiger partial charge in [-0.2, -0.15) is 0 Å². The maximum Gasteiger partial charge on any atom is 0.253 e. The third-order valence-electron chi connectivity index (χ3n) is 7.42. The monoisotopic (exact) mass is 521 g/mol. The number of carbonyl (C=O) groups excluding carboxylic acids is 2. The molecule has 0 spiro atoms. The number of nitrogens with one attached hydrogen (secondary N) is 1. The van der Waals surface area contributed by atoms with E-state index in [0.717, 1.165) is 55.0 Å². The molecular formula is C29H29Cl2N3O2. The van der Waals surface area contributed by atoms with Crippen molar-refractivity contribution in [2.24, 2.45) is 0 Å². The van der Waals surface area contributed by atoms with E-state index >= 15 is 0 Å². The van der Waals surface area contributed by atoms with Gasteiger partial charge >= 0.3 is 0 Å². The lowest BCUT2D eigenvalue weighted by atomic mass is 10.00. The number of fused-ring (bicyclic) bond motifs is 1. The molecule has 2 aliphatic rings. The van der Waals surface area contributed by atoms with Gasteiger partial charge < -0.3 is 15.1 Å². The van der Waals surface area contributed by atoms with E-state index in [9.17, 15) is 9.59 Å². The maximum atomic E-state index is 13.4. The van der Waals surface area contributed by atoms with Crippen molar-refractivity contribution in [3.8, 4) is 0 Å². The summed E-state index contributed by atoms with van der Waals surface area (Å²) >= 11 is 12.2. The summed E-state index contributed by atoms with van der Waals surface area (Å²) in [5, 5.41) is 4.28. The zero-order valence-electron chi connectivity index (χ0n) is 20.2. The van der Waals surface area contributed by atoms with Gasteiger partial charge in [-0.15, -0.1) is 0 Å². The summed E-state index contributed by atoms with van der Waals surface area (Å²) in [5.74, 6) is -0.175. The van der Waals surface area contributed by atoms with Gasteiger partial charge in [-0.3, -0.25) is 9.59 Å². The first-order chi connectivity index (χ1) is 17.4. The van der Waals surface area contributed by atoms with Crippen molar-refractivity contribution < 1.29 is 9.59 Å². The lowest BCUT2D eigenvalue weighted by Gasteiger charge is -2.38. The first-order valence-electron chi connectivity index (χ1n) is 12.4. The topological polar surface area (TPSA) is 52.7 Å². The minimum atomic E-state index is -0.195. The highest BCUT2D eigenvalue weighted by molar-refractivity contribution is 6.33. The van der Waals surface area contributed by atoms with Crippen molar-refractivity contribution in [1.29, 1.82) is 0 Å². The quantitative estimate of drug-likeness (QED) is 0.437. The molecule has 0 unspecified atom stereocenters. The molecular weight excluding hydrogens is 493 g/mol. The third-order valence-corrected chi connectivity index (χ3v) is 8.00. The van der Waals surface area contributed by atoms with Crippen LogP contribution in [0, 0.1) is 0 Å². The molecule has 5 rings (SSSR count). The number of amides is 2. The number of nitrogens with zero attached hydrogens (tertiary/aromatic N) is 2. The van der Waals surface area contributed by atoms with Crippen LogP contribution < -0.4 is 10.2 Å². The lowest BCUT2D eigenvalue weighted by molar-refractivity contribution is 0.0709. The molecule has 186 valence electrons. The van der Waals surface area contributed by atoms with E-state index in [4.69, 9.17) is 23.2 Å². The van der Waals surface area contributed by atoms with Crippen molar-refractivity contribution in [2.45, 2.75) is 37.8 Å². The van der Waals surface area contributed by atoms with E-state index in [2.05, 4.69) is 10.2 Å². The predicted molar refractivity (Wildman–Crippen MR) is 145 cm³/mol. The molecule has 5 nitrogen and oxygen atoms in total. The smallest absolute Gasteiger partial charge is 0.253 e. The second-order valence-corrected chi connectivity index (χ2v) is 10.4. The number of piperidine rings is 1. The molecule has 2 amide bonds. The fourth-order valence-electron chi connectivity index (χ4n) is 5.30. The van der Waals surface area contributed by atoms with Gasteiger partial charge in [-0.25, -0.2) is 0 Å². The van der Waals surface area contributed by atoms with E-state index in [-0.39, 0.29) is 23.9 Å². The van der Waals surface area contributed by atoms with Crippen LogP contribution in [-0.4, -0.2) is 42.9 Å². The number of hydrogen-bond acceptors (Lipinski definition) is 3. The molecule has 1 saturated heterocycles. The molecule has 0 bridgehead atoms. The highest BCUT2D eigenvalue weighted by atomic mass is 35.5. The first kappa shape index (κ1) is 24.7. The molecule has 1 aliphatic carbocycles. The molecule has 36 heavy (non-hydrogen) atoms. The zero-order valence-corrected chi connectivity index (χ0v) is 21.7. The Labute approximate surface area is 222 Å². The summed E-state index contributed by atoms with van der Waals surface area (Å²) in [6, 6.07) is 20.9. The van der Waals surface area contributed by atoms with Crippen LogP contribution in [0.2, 0.25) is 10.0 Å². The lowest BCUT2D eigenvalue weighted by Crippen LogP contribution is -2.45. The van der Waals surface area contributed by atoms with Gasteiger partial charge in [-0.1, -0.05) is 41.4 Å². The van der Waals surface area contributed by atoms with Gasteiger partial charge in [0.2, 0.25) is 0 Å². The van der Waals surface area contributed by atoms with E-state index in [1.54, 1.807) is 24.3 Å². The molecule has 1 heterocycles. The Balaban J connectivity index is 1.24. The van der Waals surface area contributed by atoms with Crippen LogP contribution in [0.1, 0.15) is 57.1 Å². The van der Waals surface area contributed by atoms with E-state index < -0.39 is 0 Å². The minimum absolute atomic E-state index is 0.0193. The summed E-state index contributed by atoms with van der Waals surface area (Å²) in [7, 11) is 1.90. The van der Waals surface area contributed by atoms with Crippen molar-refractivity contribution in [3.05, 3.63) is 99.0 Å². The van der Waals surface area contributed by atoms with Crippen LogP contribution in [0.4, 0.5) is 5.69 Å². The molecule has 1 N–H and O–H groups in total. The Hall–Kier alpha value is -3.02. The Kier molecular flexibility index (Phi) is 7.22. The third kappa shape index (κ3) is 5.09. The average molecular weight is 522 g/mol. The summed E-state index contributed by atoms with van der Waals surface area (Å²) in [6.07, 6.45) is 3.50. The highest BCUT2D eigenvalue weighted by Gasteiger charge is 2.29. The number of aryl methyl sites for hydroxylation is 1. The van der Waals surface area contributed by atoms with Crippen molar-refractivity contribution in [2.75, 3.05) is 25.0 Å². The Morgan fingerprint density at radius 1 is 0.944 bits per heavy atom. The second kappa shape index (κ2) is 10.5. The SMILES string of the molecule is CN(C(=O)c1ccc2c(c1)[C@H](NC(=O)c1ccccc1Cl)CC2)C1CCN(c2ccc(Cl)cc2)CC1. The van der Waals surface area contributed by atoms with Crippen molar-refractivity contribution >= 4 is 40.7 Å². The standard InChI is InChI=1S/C29H29Cl2N3O2/c1-33(22-14-16-34(17-15-22)23-11-9-21(30)10-12-23)29(36)20-7-6-19-8-13-27(25(19)18-20)32-28(35)24-4-2-3-5-26(24)31/h2-7,9-12,18,22,27H,8,13-17H2,1H3,(H,32,35)/t27-/m1/s1. The van der Waals surface area contributed by atoms with Gasteiger partial charge in [0.05, 0.1) is 16.6 Å². The Bertz CT molecular complexity index is 1270. The van der Waals surface area contributed by atoms with Gasteiger partial charge in [0, 0.05) is 42.5 Å². The van der Waals surface area contributed by atoms with Crippen LogP contribution in [-0.2, 0) is 6.42 Å². The summed E-state index contributed by atoms with van der Waals surface area (Å²) in [4.78, 5) is 30.5. The van der Waals surface area contributed by atoms with Crippen LogP contribution >= 0.6 is 23.2 Å². The molecule has 0 saturated carbocycles. The van der Waals surface area contributed by atoms with E-state index in [1.807, 2.05) is 54.4 Å². The first-order valence-corrected chi connectivity index (χ1v) is 13.1. The largest absolute Gasteiger partial charge is 0.371 e. The van der Waals surface area contributed by atoms with Crippen LogP contribution in [0.25, 0.3) is 0 Å². The number of benzene rings is 3. The highest BCUT2D eigenvalue weighted by Crippen LogP contribution is 2.33. The van der Waals surface area contributed by atoms with E-state index in [1.165, 1.54) is 5.56 Å². The summed E-state index contributed by atoms with van der Waals surface area (Å²) in [6.45, 7) is 1.79. The van der Waals surface area contributed by atoms with E-state index in [0.29, 0.717) is 16.1 Å². The summed E-state index contributed by atoms with van der Waals surface area (Å²) < 4.78 is 0. The fourth-order valence-corrected chi connectivity index (χ4v) is 5.65. The second-order valence-electron chi connectivity index (χ2n) is 9.57. The van der Waals surface area contributed by atoms with Crippen molar-refractivity contribution in [1.82, 2.24) is 10.2 Å². The fraction of sp³-hybridized carbons (Fsp3) is 0.310. The normalized spacial score (nSPS) is 17.5.